The Balaban J connectivity index is 2.27. The molecule has 1 saturated heterocycles. The standard InChI is InChI=1S/C15H21F2NO2/c1-3-4-18-15(14-9-19-5-6-20-14)11-8-12(16)10(2)7-13(11)17/h7-8,14-15,18H,3-6,9H2,1-2H3. The largest absolute Gasteiger partial charge is 0.376 e. The van der Waals surface area contributed by atoms with Crippen LogP contribution >= 0.6 is 0 Å². The smallest absolute Gasteiger partial charge is 0.128 e. The number of ether oxygens (including phenoxy) is 2. The zero-order valence-electron chi connectivity index (χ0n) is 11.9. The molecule has 3 nitrogen and oxygen atoms in total. The van der Waals surface area contributed by atoms with Crippen molar-refractivity contribution in [2.75, 3.05) is 26.4 Å². The van der Waals surface area contributed by atoms with Crippen molar-refractivity contribution in [2.45, 2.75) is 32.4 Å². The van der Waals surface area contributed by atoms with Crippen molar-refractivity contribution in [1.82, 2.24) is 5.32 Å². The molecule has 2 rings (SSSR count). The lowest BCUT2D eigenvalue weighted by Gasteiger charge is -2.31. The fourth-order valence-electron chi connectivity index (χ4n) is 2.34. The van der Waals surface area contributed by atoms with E-state index in [4.69, 9.17) is 9.47 Å². The summed E-state index contributed by atoms with van der Waals surface area (Å²) in [6, 6.07) is 2.09. The predicted molar refractivity (Wildman–Crippen MR) is 72.7 cm³/mol. The van der Waals surface area contributed by atoms with Gasteiger partial charge >= 0.3 is 0 Å². The number of nitrogens with one attached hydrogen (secondary N) is 1. The lowest BCUT2D eigenvalue weighted by Crippen LogP contribution is -2.41. The first-order valence-corrected chi connectivity index (χ1v) is 7.01. The van der Waals surface area contributed by atoms with Crippen LogP contribution in [0.4, 0.5) is 8.78 Å². The Morgan fingerprint density at radius 3 is 2.75 bits per heavy atom. The topological polar surface area (TPSA) is 30.5 Å². The summed E-state index contributed by atoms with van der Waals surface area (Å²) in [4.78, 5) is 0. The predicted octanol–water partition coefficient (Wildman–Crippen LogP) is 2.73. The number of hydrogen-bond donors (Lipinski definition) is 1. The van der Waals surface area contributed by atoms with Gasteiger partial charge < -0.3 is 14.8 Å². The monoisotopic (exact) mass is 285 g/mol. The van der Waals surface area contributed by atoms with Crippen molar-refractivity contribution < 1.29 is 18.3 Å². The Morgan fingerprint density at radius 2 is 2.10 bits per heavy atom. The van der Waals surface area contributed by atoms with E-state index in [9.17, 15) is 8.78 Å². The Morgan fingerprint density at radius 1 is 1.30 bits per heavy atom. The van der Waals surface area contributed by atoms with E-state index in [-0.39, 0.29) is 6.10 Å². The van der Waals surface area contributed by atoms with Gasteiger partial charge in [-0.05, 0) is 37.6 Å². The molecule has 0 saturated carbocycles. The highest BCUT2D eigenvalue weighted by molar-refractivity contribution is 5.28. The fourth-order valence-corrected chi connectivity index (χ4v) is 2.34. The third kappa shape index (κ3) is 3.53. The van der Waals surface area contributed by atoms with Crippen LogP contribution in [-0.4, -0.2) is 32.5 Å². The number of aryl methyl sites for hydroxylation is 1. The normalized spacial score (nSPS) is 20.9. The van der Waals surface area contributed by atoms with Crippen molar-refractivity contribution in [2.24, 2.45) is 0 Å². The van der Waals surface area contributed by atoms with E-state index in [1.807, 2.05) is 6.92 Å². The number of benzene rings is 1. The van der Waals surface area contributed by atoms with Crippen LogP contribution in [-0.2, 0) is 9.47 Å². The minimum Gasteiger partial charge on any atom is -0.376 e. The molecule has 112 valence electrons. The molecule has 0 bridgehead atoms. The van der Waals surface area contributed by atoms with Crippen molar-refractivity contribution in [3.63, 3.8) is 0 Å². The van der Waals surface area contributed by atoms with Crippen LogP contribution < -0.4 is 5.32 Å². The molecule has 0 radical (unpaired) electrons. The van der Waals surface area contributed by atoms with Gasteiger partial charge in [-0.2, -0.15) is 0 Å². The number of halogens is 2. The summed E-state index contributed by atoms with van der Waals surface area (Å²) in [5, 5.41) is 3.23. The summed E-state index contributed by atoms with van der Waals surface area (Å²) in [7, 11) is 0. The van der Waals surface area contributed by atoms with Gasteiger partial charge in [0.15, 0.2) is 0 Å². The van der Waals surface area contributed by atoms with Crippen LogP contribution in [0.15, 0.2) is 12.1 Å². The summed E-state index contributed by atoms with van der Waals surface area (Å²) in [6.45, 7) is 5.69. The van der Waals surface area contributed by atoms with Crippen LogP contribution in [0.25, 0.3) is 0 Å². The quantitative estimate of drug-likeness (QED) is 0.902. The average molecular weight is 285 g/mol. The van der Waals surface area contributed by atoms with Gasteiger partial charge in [-0.3, -0.25) is 0 Å². The molecule has 1 aromatic rings. The second-order valence-corrected chi connectivity index (χ2v) is 5.04. The third-order valence-corrected chi connectivity index (χ3v) is 3.44. The van der Waals surface area contributed by atoms with Gasteiger partial charge in [0.1, 0.15) is 17.7 Å². The first kappa shape index (κ1) is 15.4. The highest BCUT2D eigenvalue weighted by atomic mass is 19.1. The van der Waals surface area contributed by atoms with E-state index < -0.39 is 17.7 Å². The van der Waals surface area contributed by atoms with Crippen molar-refractivity contribution in [3.8, 4) is 0 Å². The van der Waals surface area contributed by atoms with Crippen molar-refractivity contribution >= 4 is 0 Å². The first-order chi connectivity index (χ1) is 9.63. The molecule has 5 heteroatoms. The maximum absolute atomic E-state index is 14.2. The van der Waals surface area contributed by atoms with Crippen LogP contribution in [0.2, 0.25) is 0 Å². The van der Waals surface area contributed by atoms with Gasteiger partial charge in [0.05, 0.1) is 25.9 Å². The summed E-state index contributed by atoms with van der Waals surface area (Å²) in [5.41, 5.74) is 0.610. The molecule has 0 aromatic heterocycles. The highest BCUT2D eigenvalue weighted by Gasteiger charge is 2.29. The third-order valence-electron chi connectivity index (χ3n) is 3.44. The minimum absolute atomic E-state index is 0.299. The molecule has 1 aliphatic rings. The molecule has 1 heterocycles. The molecule has 2 unspecified atom stereocenters. The SMILES string of the molecule is CCCNC(c1cc(F)c(C)cc1F)C1COCCO1. The molecule has 0 spiro atoms. The van der Waals surface area contributed by atoms with Crippen LogP contribution in [0.3, 0.4) is 0 Å². The lowest BCUT2D eigenvalue weighted by atomic mass is 9.98. The van der Waals surface area contributed by atoms with Gasteiger partial charge in [-0.15, -0.1) is 0 Å². The number of rotatable bonds is 5. The van der Waals surface area contributed by atoms with Gasteiger partial charge in [0, 0.05) is 5.56 Å². The van der Waals surface area contributed by atoms with E-state index in [1.54, 1.807) is 6.92 Å². The Labute approximate surface area is 118 Å². The maximum atomic E-state index is 14.2. The van der Waals surface area contributed by atoms with E-state index in [0.29, 0.717) is 37.5 Å². The zero-order valence-corrected chi connectivity index (χ0v) is 11.9. The molecule has 2 atom stereocenters. The van der Waals surface area contributed by atoms with Gasteiger partial charge in [0.25, 0.3) is 0 Å². The van der Waals surface area contributed by atoms with Crippen molar-refractivity contribution in [3.05, 3.63) is 34.9 Å². The Hall–Kier alpha value is -1.04. The van der Waals surface area contributed by atoms with Crippen LogP contribution in [0, 0.1) is 18.6 Å². The molecule has 1 aliphatic heterocycles. The van der Waals surface area contributed by atoms with Gasteiger partial charge in [0.2, 0.25) is 0 Å². The molecule has 1 aromatic carbocycles. The second kappa shape index (κ2) is 7.11. The minimum atomic E-state index is -0.410. The Kier molecular flexibility index (Phi) is 5.46. The maximum Gasteiger partial charge on any atom is 0.128 e. The van der Waals surface area contributed by atoms with E-state index in [2.05, 4.69) is 5.32 Å². The molecule has 1 fully saturated rings. The van der Waals surface area contributed by atoms with Crippen LogP contribution in [0.1, 0.15) is 30.5 Å². The first-order valence-electron chi connectivity index (χ1n) is 7.01. The van der Waals surface area contributed by atoms with E-state index in [0.717, 1.165) is 6.42 Å². The Bertz CT molecular complexity index is 448. The van der Waals surface area contributed by atoms with E-state index in [1.165, 1.54) is 12.1 Å². The summed E-state index contributed by atoms with van der Waals surface area (Å²) in [5.74, 6) is -0.812. The van der Waals surface area contributed by atoms with Gasteiger partial charge in [-0.1, -0.05) is 6.92 Å². The summed E-state index contributed by atoms with van der Waals surface area (Å²) >= 11 is 0. The second-order valence-electron chi connectivity index (χ2n) is 5.04. The summed E-state index contributed by atoms with van der Waals surface area (Å²) < 4.78 is 38.9. The van der Waals surface area contributed by atoms with E-state index >= 15 is 0 Å². The fraction of sp³-hybridized carbons (Fsp3) is 0.600. The van der Waals surface area contributed by atoms with Crippen LogP contribution in [0.5, 0.6) is 0 Å². The number of hydrogen-bond acceptors (Lipinski definition) is 3. The molecule has 0 amide bonds. The molecular weight excluding hydrogens is 264 g/mol. The molecule has 0 aliphatic carbocycles. The molecule has 1 N–H and O–H groups in total. The highest BCUT2D eigenvalue weighted by Crippen LogP contribution is 2.26. The summed E-state index contributed by atoms with van der Waals surface area (Å²) in [6.07, 6.45) is 0.604. The lowest BCUT2D eigenvalue weighted by molar-refractivity contribution is -0.102. The zero-order chi connectivity index (χ0) is 14.5. The molecular formula is C15H21F2NO2. The van der Waals surface area contributed by atoms with Crippen molar-refractivity contribution in [1.29, 1.82) is 0 Å². The van der Waals surface area contributed by atoms with Gasteiger partial charge in [-0.25, -0.2) is 8.78 Å². The average Bonchev–Trinajstić information content (AvgIpc) is 2.45. The molecule has 20 heavy (non-hydrogen) atoms.